The standard InChI is InChI=1S/C37H27N/c38-36-25-35-33(24-32(36)28-22-20-27(21-23-28)26-12-4-1-5-13-26)31-18-10-11-19-34(31)37(35,29-14-6-2-7-15-29)30-16-8-3-9-17-30/h1-25H,38H2. The molecule has 0 bridgehead atoms. The first-order valence-electron chi connectivity index (χ1n) is 13.1. The van der Waals surface area contributed by atoms with Crippen LogP contribution in [0.25, 0.3) is 33.4 Å². The Labute approximate surface area is 223 Å². The van der Waals surface area contributed by atoms with E-state index >= 15 is 0 Å². The van der Waals surface area contributed by atoms with Crippen LogP contribution in [0.5, 0.6) is 0 Å². The third kappa shape index (κ3) is 3.33. The van der Waals surface area contributed by atoms with Crippen molar-refractivity contribution in [2.75, 3.05) is 5.73 Å². The van der Waals surface area contributed by atoms with Gasteiger partial charge in [-0.15, -0.1) is 0 Å². The fraction of sp³-hybridized carbons (Fsp3) is 0.0270. The van der Waals surface area contributed by atoms with Crippen molar-refractivity contribution in [3.05, 3.63) is 174 Å². The summed E-state index contributed by atoms with van der Waals surface area (Å²) in [7, 11) is 0. The van der Waals surface area contributed by atoms with Crippen molar-refractivity contribution < 1.29 is 0 Å². The van der Waals surface area contributed by atoms with Crippen LogP contribution >= 0.6 is 0 Å². The summed E-state index contributed by atoms with van der Waals surface area (Å²) >= 11 is 0. The van der Waals surface area contributed by atoms with E-state index in [2.05, 4.69) is 146 Å². The van der Waals surface area contributed by atoms with Crippen LogP contribution in [0.3, 0.4) is 0 Å². The van der Waals surface area contributed by atoms with Gasteiger partial charge in [-0.2, -0.15) is 0 Å². The van der Waals surface area contributed by atoms with Crippen molar-refractivity contribution in [2.45, 2.75) is 5.41 Å². The van der Waals surface area contributed by atoms with Gasteiger partial charge in [-0.25, -0.2) is 0 Å². The molecule has 0 atom stereocenters. The van der Waals surface area contributed by atoms with Crippen LogP contribution in [0.15, 0.2) is 152 Å². The monoisotopic (exact) mass is 485 g/mol. The topological polar surface area (TPSA) is 26.0 Å². The molecule has 0 aromatic heterocycles. The Bertz CT molecular complexity index is 1700. The number of hydrogen-bond donors (Lipinski definition) is 1. The van der Waals surface area contributed by atoms with Crippen LogP contribution in [0.4, 0.5) is 5.69 Å². The zero-order chi connectivity index (χ0) is 25.5. The molecule has 0 aliphatic heterocycles. The molecule has 6 aromatic rings. The summed E-state index contributed by atoms with van der Waals surface area (Å²) in [6, 6.07) is 54.2. The van der Waals surface area contributed by atoms with Gasteiger partial charge < -0.3 is 5.73 Å². The van der Waals surface area contributed by atoms with E-state index in [0.717, 1.165) is 16.8 Å². The minimum Gasteiger partial charge on any atom is -0.398 e. The Morgan fingerprint density at radius 1 is 0.368 bits per heavy atom. The number of hydrogen-bond acceptors (Lipinski definition) is 1. The molecule has 2 N–H and O–H groups in total. The van der Waals surface area contributed by atoms with Crippen molar-refractivity contribution >= 4 is 5.69 Å². The van der Waals surface area contributed by atoms with Crippen molar-refractivity contribution in [1.29, 1.82) is 0 Å². The molecule has 1 nitrogen and oxygen atoms in total. The number of rotatable bonds is 4. The van der Waals surface area contributed by atoms with E-state index in [9.17, 15) is 0 Å². The molecule has 1 aliphatic carbocycles. The molecule has 0 heterocycles. The fourth-order valence-corrected chi connectivity index (χ4v) is 6.23. The fourth-order valence-electron chi connectivity index (χ4n) is 6.23. The molecule has 180 valence electrons. The lowest BCUT2D eigenvalue weighted by molar-refractivity contribution is 0.769. The minimum absolute atomic E-state index is 0.432. The zero-order valence-corrected chi connectivity index (χ0v) is 21.0. The van der Waals surface area contributed by atoms with Crippen molar-refractivity contribution in [2.24, 2.45) is 0 Å². The lowest BCUT2D eigenvalue weighted by Gasteiger charge is -2.34. The van der Waals surface area contributed by atoms with Crippen molar-refractivity contribution in [1.82, 2.24) is 0 Å². The van der Waals surface area contributed by atoms with E-state index in [1.165, 1.54) is 44.5 Å². The van der Waals surface area contributed by atoms with Gasteiger partial charge in [0.05, 0.1) is 5.41 Å². The SMILES string of the molecule is Nc1cc2c(cc1-c1ccc(-c3ccccc3)cc1)-c1ccccc1C2(c1ccccc1)c1ccccc1. The van der Waals surface area contributed by atoms with Crippen LogP contribution in [-0.4, -0.2) is 0 Å². The molecule has 6 aromatic carbocycles. The first kappa shape index (κ1) is 22.3. The Morgan fingerprint density at radius 2 is 0.868 bits per heavy atom. The van der Waals surface area contributed by atoms with Crippen LogP contribution in [0.1, 0.15) is 22.3 Å². The Hall–Kier alpha value is -4.88. The molecule has 0 fully saturated rings. The maximum Gasteiger partial charge on any atom is 0.0714 e. The van der Waals surface area contributed by atoms with Crippen LogP contribution < -0.4 is 5.73 Å². The molecular weight excluding hydrogens is 458 g/mol. The summed E-state index contributed by atoms with van der Waals surface area (Å²) < 4.78 is 0. The second-order valence-corrected chi connectivity index (χ2v) is 9.96. The third-order valence-corrected chi connectivity index (χ3v) is 7.93. The predicted molar refractivity (Wildman–Crippen MR) is 159 cm³/mol. The largest absolute Gasteiger partial charge is 0.398 e. The summed E-state index contributed by atoms with van der Waals surface area (Å²) in [5.41, 5.74) is 19.4. The third-order valence-electron chi connectivity index (χ3n) is 7.93. The van der Waals surface area contributed by atoms with Crippen LogP contribution in [-0.2, 0) is 5.41 Å². The van der Waals surface area contributed by atoms with Crippen molar-refractivity contribution in [3.8, 4) is 33.4 Å². The molecule has 38 heavy (non-hydrogen) atoms. The van der Waals surface area contributed by atoms with Gasteiger partial charge in [-0.3, -0.25) is 0 Å². The first-order valence-corrected chi connectivity index (χ1v) is 13.1. The highest BCUT2D eigenvalue weighted by atomic mass is 14.6. The van der Waals surface area contributed by atoms with Gasteiger partial charge in [-0.1, -0.05) is 140 Å². The van der Waals surface area contributed by atoms with E-state index < -0.39 is 5.41 Å². The number of fused-ring (bicyclic) bond motifs is 3. The second kappa shape index (κ2) is 8.90. The first-order chi connectivity index (χ1) is 18.8. The molecule has 0 saturated heterocycles. The summed E-state index contributed by atoms with van der Waals surface area (Å²) in [5, 5.41) is 0. The van der Waals surface area contributed by atoms with Gasteiger partial charge >= 0.3 is 0 Å². The summed E-state index contributed by atoms with van der Waals surface area (Å²) in [5.74, 6) is 0. The van der Waals surface area contributed by atoms with Crippen LogP contribution in [0.2, 0.25) is 0 Å². The summed E-state index contributed by atoms with van der Waals surface area (Å²) in [6.07, 6.45) is 0. The smallest absolute Gasteiger partial charge is 0.0714 e. The van der Waals surface area contributed by atoms with Gasteiger partial charge in [0.15, 0.2) is 0 Å². The minimum atomic E-state index is -0.432. The number of anilines is 1. The molecule has 0 amide bonds. The quantitative estimate of drug-likeness (QED) is 0.247. The predicted octanol–water partition coefficient (Wildman–Crippen LogP) is 8.97. The van der Waals surface area contributed by atoms with Gasteiger partial charge in [-0.05, 0) is 62.2 Å². The summed E-state index contributed by atoms with van der Waals surface area (Å²) in [4.78, 5) is 0. The molecule has 1 aliphatic rings. The molecular formula is C37H27N. The van der Waals surface area contributed by atoms with E-state index in [1.807, 2.05) is 6.07 Å². The maximum absolute atomic E-state index is 6.89. The molecule has 7 rings (SSSR count). The Kier molecular flexibility index (Phi) is 5.23. The van der Waals surface area contributed by atoms with Gasteiger partial charge in [0, 0.05) is 11.3 Å². The average molecular weight is 486 g/mol. The van der Waals surface area contributed by atoms with Gasteiger partial charge in [0.1, 0.15) is 0 Å². The van der Waals surface area contributed by atoms with Gasteiger partial charge in [0.2, 0.25) is 0 Å². The average Bonchev–Trinajstić information content (AvgIpc) is 3.28. The lowest BCUT2D eigenvalue weighted by Crippen LogP contribution is -2.28. The molecule has 1 heteroatoms. The highest BCUT2D eigenvalue weighted by Gasteiger charge is 2.46. The van der Waals surface area contributed by atoms with E-state index in [0.29, 0.717) is 0 Å². The molecule has 0 unspecified atom stereocenters. The maximum atomic E-state index is 6.89. The number of nitrogen functional groups attached to an aromatic ring is 1. The van der Waals surface area contributed by atoms with E-state index in [1.54, 1.807) is 0 Å². The van der Waals surface area contributed by atoms with E-state index in [-0.39, 0.29) is 0 Å². The molecule has 0 radical (unpaired) electrons. The lowest BCUT2D eigenvalue weighted by atomic mass is 9.67. The second-order valence-electron chi connectivity index (χ2n) is 9.96. The highest BCUT2D eigenvalue weighted by molar-refractivity contribution is 5.92. The van der Waals surface area contributed by atoms with Gasteiger partial charge in [0.25, 0.3) is 0 Å². The summed E-state index contributed by atoms with van der Waals surface area (Å²) in [6.45, 7) is 0. The number of benzene rings is 6. The molecule has 0 spiro atoms. The number of nitrogens with two attached hydrogens (primary N) is 1. The van der Waals surface area contributed by atoms with Crippen molar-refractivity contribution in [3.63, 3.8) is 0 Å². The van der Waals surface area contributed by atoms with E-state index in [4.69, 9.17) is 5.73 Å². The zero-order valence-electron chi connectivity index (χ0n) is 21.0. The Morgan fingerprint density at radius 3 is 1.50 bits per heavy atom. The van der Waals surface area contributed by atoms with Crippen LogP contribution in [0, 0.1) is 0 Å². The molecule has 0 saturated carbocycles. The highest BCUT2D eigenvalue weighted by Crippen LogP contribution is 2.57. The Balaban J connectivity index is 1.46. The normalized spacial score (nSPS) is 13.1.